The molecule has 0 aliphatic heterocycles. The molecule has 3 atom stereocenters. The van der Waals surface area contributed by atoms with E-state index in [4.69, 9.17) is 5.73 Å². The maximum atomic E-state index is 12.8. The van der Waals surface area contributed by atoms with Gasteiger partial charge >= 0.3 is 0 Å². The first-order valence-corrected chi connectivity index (χ1v) is 8.59. The third-order valence-electron chi connectivity index (χ3n) is 5.02. The molecule has 0 bridgehead atoms. The van der Waals surface area contributed by atoms with Crippen LogP contribution in [0.25, 0.3) is 0 Å². The summed E-state index contributed by atoms with van der Waals surface area (Å²) in [5.41, 5.74) is 8.62. The lowest BCUT2D eigenvalue weighted by Gasteiger charge is -2.34. The van der Waals surface area contributed by atoms with Crippen LogP contribution in [0, 0.1) is 12.8 Å². The van der Waals surface area contributed by atoms with Gasteiger partial charge in [0.2, 0.25) is 5.91 Å². The van der Waals surface area contributed by atoms with Gasteiger partial charge in [-0.15, -0.1) is 0 Å². The van der Waals surface area contributed by atoms with Crippen LogP contribution >= 0.6 is 0 Å². The van der Waals surface area contributed by atoms with Crippen molar-refractivity contribution in [3.8, 4) is 0 Å². The molecule has 1 aliphatic rings. The number of rotatable bonds is 5. The summed E-state index contributed by atoms with van der Waals surface area (Å²) in [6.45, 7) is 4.26. The Hall–Kier alpha value is -1.35. The summed E-state index contributed by atoms with van der Waals surface area (Å²) < 4.78 is 0. The molecule has 0 spiro atoms. The highest BCUT2D eigenvalue weighted by molar-refractivity contribution is 5.79. The summed E-state index contributed by atoms with van der Waals surface area (Å²) in [6.07, 6.45) is 5.91. The van der Waals surface area contributed by atoms with Crippen molar-refractivity contribution < 1.29 is 4.79 Å². The molecule has 3 unspecified atom stereocenters. The zero-order valence-corrected chi connectivity index (χ0v) is 14.2. The zero-order valence-electron chi connectivity index (χ0n) is 14.2. The minimum Gasteiger partial charge on any atom is -0.342 e. The first kappa shape index (κ1) is 17.0. The maximum Gasteiger partial charge on any atom is 0.225 e. The van der Waals surface area contributed by atoms with Gasteiger partial charge in [-0.05, 0) is 44.6 Å². The molecule has 1 aromatic rings. The fourth-order valence-electron chi connectivity index (χ4n) is 3.47. The van der Waals surface area contributed by atoms with Crippen molar-refractivity contribution in [2.24, 2.45) is 11.7 Å². The molecule has 2 rings (SSSR count). The Morgan fingerprint density at radius 3 is 2.59 bits per heavy atom. The molecule has 22 heavy (non-hydrogen) atoms. The third-order valence-corrected chi connectivity index (χ3v) is 5.02. The molecular weight excluding hydrogens is 272 g/mol. The second kappa shape index (κ2) is 7.77. The second-order valence-corrected chi connectivity index (χ2v) is 6.82. The van der Waals surface area contributed by atoms with E-state index < -0.39 is 0 Å². The van der Waals surface area contributed by atoms with Gasteiger partial charge in [-0.1, -0.05) is 43.2 Å². The number of hydrogen-bond donors (Lipinski definition) is 1. The number of carbonyl (C=O) groups is 1. The predicted octanol–water partition coefficient (Wildman–Crippen LogP) is 3.29. The molecule has 0 radical (unpaired) electrons. The molecule has 1 aliphatic carbocycles. The zero-order chi connectivity index (χ0) is 16.1. The number of benzene rings is 1. The van der Waals surface area contributed by atoms with Gasteiger partial charge in [-0.2, -0.15) is 0 Å². The topological polar surface area (TPSA) is 46.3 Å². The lowest BCUT2D eigenvalue weighted by molar-refractivity contribution is -0.137. The maximum absolute atomic E-state index is 12.8. The lowest BCUT2D eigenvalue weighted by Crippen LogP contribution is -2.44. The highest BCUT2D eigenvalue weighted by atomic mass is 16.2. The average Bonchev–Trinajstić information content (AvgIpc) is 2.53. The van der Waals surface area contributed by atoms with Gasteiger partial charge in [0, 0.05) is 25.0 Å². The number of amides is 1. The van der Waals surface area contributed by atoms with Crippen LogP contribution in [-0.4, -0.2) is 29.9 Å². The summed E-state index contributed by atoms with van der Waals surface area (Å²) in [4.78, 5) is 14.7. The van der Waals surface area contributed by atoms with Gasteiger partial charge in [0.15, 0.2) is 0 Å². The summed E-state index contributed by atoms with van der Waals surface area (Å²) >= 11 is 0. The van der Waals surface area contributed by atoms with E-state index in [0.717, 1.165) is 38.5 Å². The van der Waals surface area contributed by atoms with E-state index in [0.29, 0.717) is 0 Å². The summed E-state index contributed by atoms with van der Waals surface area (Å²) in [7, 11) is 1.96. The molecule has 1 fully saturated rings. The van der Waals surface area contributed by atoms with Crippen LogP contribution in [-0.2, 0) is 11.2 Å². The number of likely N-dealkylation sites (N-methyl/N-ethyl adjacent to an activating group) is 1. The Balaban J connectivity index is 1.99. The summed E-state index contributed by atoms with van der Waals surface area (Å²) in [6, 6.07) is 9.11. The van der Waals surface area contributed by atoms with Gasteiger partial charge in [-0.3, -0.25) is 4.79 Å². The third kappa shape index (κ3) is 4.33. The van der Waals surface area contributed by atoms with Crippen molar-refractivity contribution in [1.82, 2.24) is 4.90 Å². The van der Waals surface area contributed by atoms with Crippen molar-refractivity contribution in [3.05, 3.63) is 35.4 Å². The van der Waals surface area contributed by atoms with E-state index in [9.17, 15) is 4.79 Å². The van der Waals surface area contributed by atoms with E-state index in [2.05, 4.69) is 38.1 Å². The van der Waals surface area contributed by atoms with Gasteiger partial charge < -0.3 is 10.6 Å². The van der Waals surface area contributed by atoms with Crippen LogP contribution < -0.4 is 5.73 Å². The molecule has 1 saturated carbocycles. The molecule has 1 amide bonds. The molecule has 0 saturated heterocycles. The molecule has 0 heterocycles. The normalized spacial score (nSPS) is 23.1. The van der Waals surface area contributed by atoms with E-state index in [1.54, 1.807) is 0 Å². The first-order chi connectivity index (χ1) is 10.5. The Morgan fingerprint density at radius 1 is 1.32 bits per heavy atom. The number of aryl methyl sites for hydroxylation is 1. The Labute approximate surface area is 134 Å². The lowest BCUT2D eigenvalue weighted by atomic mass is 9.85. The van der Waals surface area contributed by atoms with Crippen LogP contribution in [0.2, 0.25) is 0 Å². The average molecular weight is 302 g/mol. The SMILES string of the molecule is CCC(Cc1ccc(C)cc1)N(C)C(=O)C1CCCC(N)C1. The standard InChI is InChI=1S/C19H30N2O/c1-4-18(12-15-10-8-14(2)9-11-15)21(3)19(22)16-6-5-7-17(20)13-16/h8-11,16-18H,4-7,12-13,20H2,1-3H3. The fourth-order valence-corrected chi connectivity index (χ4v) is 3.47. The van der Waals surface area contributed by atoms with Crippen LogP contribution in [0.5, 0.6) is 0 Å². The highest BCUT2D eigenvalue weighted by Gasteiger charge is 2.30. The van der Waals surface area contributed by atoms with E-state index >= 15 is 0 Å². The monoisotopic (exact) mass is 302 g/mol. The fraction of sp³-hybridized carbons (Fsp3) is 0.632. The number of nitrogens with two attached hydrogens (primary N) is 1. The smallest absolute Gasteiger partial charge is 0.225 e. The van der Waals surface area contributed by atoms with E-state index in [-0.39, 0.29) is 23.9 Å². The van der Waals surface area contributed by atoms with Crippen LogP contribution in [0.4, 0.5) is 0 Å². The van der Waals surface area contributed by atoms with Crippen LogP contribution in [0.1, 0.15) is 50.2 Å². The Morgan fingerprint density at radius 2 is 2.00 bits per heavy atom. The molecule has 3 nitrogen and oxygen atoms in total. The van der Waals surface area contributed by atoms with Crippen molar-refractivity contribution in [1.29, 1.82) is 0 Å². The number of nitrogens with zero attached hydrogens (tertiary/aromatic N) is 1. The van der Waals surface area contributed by atoms with Gasteiger partial charge in [0.05, 0.1) is 0 Å². The van der Waals surface area contributed by atoms with Crippen molar-refractivity contribution >= 4 is 5.91 Å². The van der Waals surface area contributed by atoms with Gasteiger partial charge in [0.1, 0.15) is 0 Å². The summed E-state index contributed by atoms with van der Waals surface area (Å²) in [5, 5.41) is 0. The Kier molecular flexibility index (Phi) is 6.01. The minimum atomic E-state index is 0.126. The van der Waals surface area contributed by atoms with Crippen LogP contribution in [0.15, 0.2) is 24.3 Å². The molecule has 2 N–H and O–H groups in total. The highest BCUT2D eigenvalue weighted by Crippen LogP contribution is 2.26. The molecule has 0 aromatic heterocycles. The summed E-state index contributed by atoms with van der Waals surface area (Å²) in [5.74, 6) is 0.412. The molecular formula is C19H30N2O. The quantitative estimate of drug-likeness (QED) is 0.907. The number of carbonyl (C=O) groups excluding carboxylic acids is 1. The molecule has 3 heteroatoms. The van der Waals surface area contributed by atoms with Gasteiger partial charge in [0.25, 0.3) is 0 Å². The second-order valence-electron chi connectivity index (χ2n) is 6.82. The van der Waals surface area contributed by atoms with Crippen molar-refractivity contribution in [2.45, 2.75) is 64.5 Å². The first-order valence-electron chi connectivity index (χ1n) is 8.59. The van der Waals surface area contributed by atoms with Crippen molar-refractivity contribution in [2.75, 3.05) is 7.05 Å². The minimum absolute atomic E-state index is 0.126. The van der Waals surface area contributed by atoms with Crippen molar-refractivity contribution in [3.63, 3.8) is 0 Å². The largest absolute Gasteiger partial charge is 0.342 e. The predicted molar refractivity (Wildman–Crippen MR) is 91.7 cm³/mol. The molecule has 122 valence electrons. The number of hydrogen-bond acceptors (Lipinski definition) is 2. The van der Waals surface area contributed by atoms with Gasteiger partial charge in [-0.25, -0.2) is 0 Å². The van der Waals surface area contributed by atoms with Crippen LogP contribution in [0.3, 0.4) is 0 Å². The van der Waals surface area contributed by atoms with E-state index in [1.165, 1.54) is 11.1 Å². The Bertz CT molecular complexity index is 483. The van der Waals surface area contributed by atoms with E-state index in [1.807, 2.05) is 11.9 Å². The molecule has 1 aromatic carbocycles.